The Bertz CT molecular complexity index is 425. The Balaban J connectivity index is 2.14. The molecule has 1 aromatic rings. The van der Waals surface area contributed by atoms with Crippen molar-refractivity contribution >= 4 is 0 Å². The molecule has 1 aliphatic heterocycles. The molecule has 106 valence electrons. The summed E-state index contributed by atoms with van der Waals surface area (Å²) in [5.74, 6) is -0.145. The van der Waals surface area contributed by atoms with E-state index in [9.17, 15) is 4.39 Å². The van der Waals surface area contributed by atoms with Crippen molar-refractivity contribution in [2.45, 2.75) is 46.3 Å². The van der Waals surface area contributed by atoms with Gasteiger partial charge >= 0.3 is 0 Å². The van der Waals surface area contributed by atoms with Gasteiger partial charge in [-0.3, -0.25) is 4.90 Å². The smallest absolute Gasteiger partial charge is 0.123 e. The molecule has 0 aliphatic carbocycles. The first-order valence-electron chi connectivity index (χ1n) is 7.08. The van der Waals surface area contributed by atoms with E-state index in [-0.39, 0.29) is 11.2 Å². The van der Waals surface area contributed by atoms with Gasteiger partial charge in [-0.1, -0.05) is 32.9 Å². The lowest BCUT2D eigenvalue weighted by molar-refractivity contribution is 0.0525. The van der Waals surface area contributed by atoms with Gasteiger partial charge in [-0.25, -0.2) is 4.39 Å². The molecule has 0 bridgehead atoms. The summed E-state index contributed by atoms with van der Waals surface area (Å²) in [6.45, 7) is 11.9. The lowest BCUT2D eigenvalue weighted by Crippen LogP contribution is -2.59. The molecule has 2 unspecified atom stereocenters. The van der Waals surface area contributed by atoms with Gasteiger partial charge in [0.2, 0.25) is 0 Å². The predicted octanol–water partition coefficient (Wildman–Crippen LogP) is 3.03. The van der Waals surface area contributed by atoms with Crippen LogP contribution in [0.4, 0.5) is 4.39 Å². The van der Waals surface area contributed by atoms with E-state index in [1.807, 2.05) is 6.07 Å². The van der Waals surface area contributed by atoms with E-state index in [1.54, 1.807) is 12.1 Å². The average molecular weight is 264 g/mol. The molecule has 1 heterocycles. The van der Waals surface area contributed by atoms with Crippen molar-refractivity contribution in [1.29, 1.82) is 0 Å². The molecule has 1 saturated heterocycles. The summed E-state index contributed by atoms with van der Waals surface area (Å²) in [5, 5.41) is 3.55. The first-order chi connectivity index (χ1) is 8.86. The highest BCUT2D eigenvalue weighted by Crippen LogP contribution is 2.27. The van der Waals surface area contributed by atoms with Crippen molar-refractivity contribution in [3.63, 3.8) is 0 Å². The van der Waals surface area contributed by atoms with Gasteiger partial charge in [0.05, 0.1) is 0 Å². The number of nitrogens with zero attached hydrogens (tertiary/aromatic N) is 1. The highest BCUT2D eigenvalue weighted by molar-refractivity contribution is 5.16. The van der Waals surface area contributed by atoms with Gasteiger partial charge in [0.1, 0.15) is 5.82 Å². The molecule has 0 saturated carbocycles. The highest BCUT2D eigenvalue weighted by Gasteiger charge is 2.34. The van der Waals surface area contributed by atoms with Crippen LogP contribution in [0.15, 0.2) is 24.3 Å². The van der Waals surface area contributed by atoms with Crippen LogP contribution in [0.25, 0.3) is 0 Å². The molecule has 1 aliphatic rings. The summed E-state index contributed by atoms with van der Waals surface area (Å²) in [5.41, 5.74) is 1.28. The maximum atomic E-state index is 13.3. The number of hydrogen-bond donors (Lipinski definition) is 1. The maximum absolute atomic E-state index is 13.3. The molecule has 3 heteroatoms. The van der Waals surface area contributed by atoms with Crippen LogP contribution in [0.5, 0.6) is 0 Å². The average Bonchev–Trinajstić information content (AvgIpc) is 2.27. The number of piperazine rings is 1. The zero-order valence-electron chi connectivity index (χ0n) is 12.4. The molecule has 1 N–H and O–H groups in total. The van der Waals surface area contributed by atoms with E-state index >= 15 is 0 Å². The minimum absolute atomic E-state index is 0.145. The summed E-state index contributed by atoms with van der Waals surface area (Å²) in [7, 11) is 0. The third-order valence-corrected chi connectivity index (χ3v) is 3.88. The molecule has 1 fully saturated rings. The third kappa shape index (κ3) is 3.77. The minimum atomic E-state index is -0.145. The minimum Gasteiger partial charge on any atom is -0.311 e. The van der Waals surface area contributed by atoms with Gasteiger partial charge in [-0.2, -0.15) is 0 Å². The van der Waals surface area contributed by atoms with E-state index in [0.717, 1.165) is 25.2 Å². The molecule has 2 rings (SSSR count). The van der Waals surface area contributed by atoms with Gasteiger partial charge in [-0.05, 0) is 30.0 Å². The van der Waals surface area contributed by atoms with Crippen molar-refractivity contribution in [2.24, 2.45) is 5.41 Å². The Kier molecular flexibility index (Phi) is 4.26. The topological polar surface area (TPSA) is 15.3 Å². The van der Waals surface area contributed by atoms with Crippen molar-refractivity contribution in [1.82, 2.24) is 10.2 Å². The zero-order chi connectivity index (χ0) is 14.0. The highest BCUT2D eigenvalue weighted by atomic mass is 19.1. The fraction of sp³-hybridized carbons (Fsp3) is 0.625. The molecular formula is C16H25FN2. The van der Waals surface area contributed by atoms with Crippen molar-refractivity contribution in [2.75, 3.05) is 13.1 Å². The molecule has 0 amide bonds. The van der Waals surface area contributed by atoms with Gasteiger partial charge < -0.3 is 5.32 Å². The lowest BCUT2D eigenvalue weighted by Gasteiger charge is -2.46. The normalized spacial score (nSPS) is 25.5. The maximum Gasteiger partial charge on any atom is 0.123 e. The Hall–Kier alpha value is -0.930. The van der Waals surface area contributed by atoms with Crippen LogP contribution >= 0.6 is 0 Å². The fourth-order valence-electron chi connectivity index (χ4n) is 2.88. The van der Waals surface area contributed by atoms with Crippen molar-refractivity contribution in [3.05, 3.63) is 35.6 Å². The summed E-state index contributed by atoms with van der Waals surface area (Å²) < 4.78 is 13.3. The third-order valence-electron chi connectivity index (χ3n) is 3.88. The molecule has 0 aromatic heterocycles. The predicted molar refractivity (Wildman–Crippen MR) is 77.5 cm³/mol. The van der Waals surface area contributed by atoms with Gasteiger partial charge in [0, 0.05) is 31.7 Å². The molecule has 1 aromatic carbocycles. The Labute approximate surface area is 116 Å². The van der Waals surface area contributed by atoms with Crippen LogP contribution in [-0.4, -0.2) is 30.1 Å². The van der Waals surface area contributed by atoms with E-state index in [2.05, 4.69) is 37.9 Å². The van der Waals surface area contributed by atoms with Crippen LogP contribution in [0.1, 0.15) is 33.3 Å². The summed E-state index contributed by atoms with van der Waals surface area (Å²) >= 11 is 0. The molecule has 2 nitrogen and oxygen atoms in total. The van der Waals surface area contributed by atoms with E-state index in [1.165, 1.54) is 6.07 Å². The van der Waals surface area contributed by atoms with Crippen molar-refractivity contribution < 1.29 is 4.39 Å². The quantitative estimate of drug-likeness (QED) is 0.883. The monoisotopic (exact) mass is 264 g/mol. The molecule has 2 atom stereocenters. The zero-order valence-corrected chi connectivity index (χ0v) is 12.4. The van der Waals surface area contributed by atoms with E-state index in [4.69, 9.17) is 0 Å². The van der Waals surface area contributed by atoms with Gasteiger partial charge in [-0.15, -0.1) is 0 Å². The fourth-order valence-corrected chi connectivity index (χ4v) is 2.88. The Morgan fingerprint density at radius 1 is 1.37 bits per heavy atom. The number of benzene rings is 1. The van der Waals surface area contributed by atoms with E-state index in [0.29, 0.717) is 12.1 Å². The van der Waals surface area contributed by atoms with Crippen LogP contribution in [0.3, 0.4) is 0 Å². The van der Waals surface area contributed by atoms with Crippen LogP contribution in [-0.2, 0) is 6.54 Å². The second kappa shape index (κ2) is 5.59. The second-order valence-electron chi connectivity index (χ2n) is 6.75. The first kappa shape index (κ1) is 14.5. The van der Waals surface area contributed by atoms with Crippen molar-refractivity contribution in [3.8, 4) is 0 Å². The Morgan fingerprint density at radius 2 is 2.11 bits per heavy atom. The Morgan fingerprint density at radius 3 is 2.74 bits per heavy atom. The van der Waals surface area contributed by atoms with Crippen LogP contribution in [0.2, 0.25) is 0 Å². The molecule has 0 spiro atoms. The number of halogens is 1. The van der Waals surface area contributed by atoms with E-state index < -0.39 is 0 Å². The summed E-state index contributed by atoms with van der Waals surface area (Å²) in [4.78, 5) is 2.48. The van der Waals surface area contributed by atoms with Gasteiger partial charge in [0.15, 0.2) is 0 Å². The standard InChI is InChI=1S/C16H25FN2/c1-12-10-19(15(9-18-12)16(2,3)4)11-13-6-5-7-14(17)8-13/h5-8,12,15,18H,9-11H2,1-4H3. The van der Waals surface area contributed by atoms with Crippen LogP contribution in [0, 0.1) is 11.2 Å². The summed E-state index contributed by atoms with van der Waals surface area (Å²) in [6, 6.07) is 7.93. The number of rotatable bonds is 2. The van der Waals surface area contributed by atoms with Gasteiger partial charge in [0.25, 0.3) is 0 Å². The molecule has 19 heavy (non-hydrogen) atoms. The number of hydrogen-bond acceptors (Lipinski definition) is 2. The largest absolute Gasteiger partial charge is 0.311 e. The molecule has 0 radical (unpaired) electrons. The second-order valence-corrected chi connectivity index (χ2v) is 6.75. The summed E-state index contributed by atoms with van der Waals surface area (Å²) in [6.07, 6.45) is 0. The molecular weight excluding hydrogens is 239 g/mol. The van der Waals surface area contributed by atoms with Crippen LogP contribution < -0.4 is 5.32 Å². The SMILES string of the molecule is CC1CN(Cc2cccc(F)c2)C(C(C)(C)C)CN1. The number of nitrogens with one attached hydrogen (secondary N) is 1. The lowest BCUT2D eigenvalue weighted by atomic mass is 9.83. The first-order valence-corrected chi connectivity index (χ1v) is 7.08.